The molecule has 7 heteroatoms. The predicted molar refractivity (Wildman–Crippen MR) is 96.0 cm³/mol. The van der Waals surface area contributed by atoms with Crippen LogP contribution in [-0.4, -0.2) is 35.2 Å². The summed E-state index contributed by atoms with van der Waals surface area (Å²) in [6, 6.07) is 9.35. The van der Waals surface area contributed by atoms with E-state index in [0.717, 1.165) is 22.6 Å². The summed E-state index contributed by atoms with van der Waals surface area (Å²) in [7, 11) is 3.60. The fourth-order valence-corrected chi connectivity index (χ4v) is 2.36. The van der Waals surface area contributed by atoms with Crippen molar-refractivity contribution in [3.8, 4) is 0 Å². The van der Waals surface area contributed by atoms with Crippen LogP contribution in [0.1, 0.15) is 17.0 Å². The number of guanidine groups is 1. The minimum atomic E-state index is -0.127. The van der Waals surface area contributed by atoms with Gasteiger partial charge < -0.3 is 16.0 Å². The molecule has 0 saturated heterocycles. The second-order valence-electron chi connectivity index (χ2n) is 5.47. The maximum absolute atomic E-state index is 11.9. The van der Waals surface area contributed by atoms with Crippen molar-refractivity contribution in [3.63, 3.8) is 0 Å². The number of aryl methyl sites for hydroxylation is 2. The summed E-state index contributed by atoms with van der Waals surface area (Å²) in [4.78, 5) is 16.1. The summed E-state index contributed by atoms with van der Waals surface area (Å²) < 4.78 is 1.86. The number of nitrogens with zero attached hydrogens (tertiary/aromatic N) is 3. The van der Waals surface area contributed by atoms with Crippen molar-refractivity contribution in [2.24, 2.45) is 12.0 Å². The van der Waals surface area contributed by atoms with Gasteiger partial charge in [0, 0.05) is 37.6 Å². The number of anilines is 1. The maximum Gasteiger partial charge on any atom is 0.243 e. The van der Waals surface area contributed by atoms with Crippen molar-refractivity contribution in [1.29, 1.82) is 0 Å². The lowest BCUT2D eigenvalue weighted by Crippen LogP contribution is -2.41. The lowest BCUT2D eigenvalue weighted by Gasteiger charge is -2.12. The van der Waals surface area contributed by atoms with Crippen LogP contribution in [-0.2, 0) is 18.4 Å². The molecule has 7 nitrogen and oxygen atoms in total. The Kier molecular flexibility index (Phi) is 5.95. The fourth-order valence-electron chi connectivity index (χ4n) is 2.36. The van der Waals surface area contributed by atoms with E-state index in [1.165, 1.54) is 0 Å². The summed E-state index contributed by atoms with van der Waals surface area (Å²) in [5, 5.41) is 13.4. The monoisotopic (exact) mass is 328 g/mol. The number of hydrogen-bond acceptors (Lipinski definition) is 3. The molecular weight excluding hydrogens is 304 g/mol. The fraction of sp³-hybridized carbons (Fsp3) is 0.353. The Hall–Kier alpha value is -2.83. The van der Waals surface area contributed by atoms with E-state index in [-0.39, 0.29) is 12.5 Å². The van der Waals surface area contributed by atoms with Crippen molar-refractivity contribution >= 4 is 17.6 Å². The zero-order valence-electron chi connectivity index (χ0n) is 14.6. The molecule has 3 N–H and O–H groups in total. The van der Waals surface area contributed by atoms with E-state index < -0.39 is 0 Å². The van der Waals surface area contributed by atoms with E-state index in [4.69, 9.17) is 0 Å². The first-order chi connectivity index (χ1) is 11.5. The lowest BCUT2D eigenvalue weighted by atomic mass is 10.2. The summed E-state index contributed by atoms with van der Waals surface area (Å²) in [5.41, 5.74) is 4.00. The normalized spacial score (nSPS) is 11.2. The van der Waals surface area contributed by atoms with Crippen LogP contribution in [0.5, 0.6) is 0 Å². The molecule has 0 spiro atoms. The van der Waals surface area contributed by atoms with E-state index >= 15 is 0 Å². The standard InChI is InChI=1S/C17H24N6O/c1-12-15(13(2)23(4)22-12)10-19-17(18-3)20-11-16(24)21-14-8-6-5-7-9-14/h5-9H,10-11H2,1-4H3,(H,21,24)(H2,18,19,20). The zero-order valence-corrected chi connectivity index (χ0v) is 14.6. The smallest absolute Gasteiger partial charge is 0.243 e. The number of carbonyl (C=O) groups is 1. The third-order valence-electron chi connectivity index (χ3n) is 3.79. The average Bonchev–Trinajstić information content (AvgIpc) is 2.81. The molecule has 1 aromatic heterocycles. The molecule has 1 aromatic carbocycles. The highest BCUT2D eigenvalue weighted by Crippen LogP contribution is 2.11. The van der Waals surface area contributed by atoms with Crippen LogP contribution in [0, 0.1) is 13.8 Å². The predicted octanol–water partition coefficient (Wildman–Crippen LogP) is 1.34. The number of aromatic nitrogens is 2. The molecule has 0 unspecified atom stereocenters. The van der Waals surface area contributed by atoms with Gasteiger partial charge in [-0.25, -0.2) is 0 Å². The molecular formula is C17H24N6O. The van der Waals surface area contributed by atoms with E-state index in [1.54, 1.807) is 7.05 Å². The van der Waals surface area contributed by atoms with E-state index in [0.29, 0.717) is 12.5 Å². The molecule has 1 amide bonds. The minimum absolute atomic E-state index is 0.127. The maximum atomic E-state index is 11.9. The van der Waals surface area contributed by atoms with Crippen LogP contribution in [0.15, 0.2) is 35.3 Å². The van der Waals surface area contributed by atoms with Gasteiger partial charge in [-0.2, -0.15) is 5.10 Å². The molecule has 0 radical (unpaired) electrons. The van der Waals surface area contributed by atoms with Crippen molar-refractivity contribution < 1.29 is 4.79 Å². The molecule has 0 fully saturated rings. The zero-order chi connectivity index (χ0) is 17.5. The van der Waals surface area contributed by atoms with Gasteiger partial charge in [-0.1, -0.05) is 18.2 Å². The molecule has 0 aliphatic carbocycles. The van der Waals surface area contributed by atoms with Crippen LogP contribution in [0.3, 0.4) is 0 Å². The number of aliphatic imine (C=N–C) groups is 1. The van der Waals surface area contributed by atoms with Gasteiger partial charge >= 0.3 is 0 Å². The van der Waals surface area contributed by atoms with Gasteiger partial charge in [-0.05, 0) is 26.0 Å². The van der Waals surface area contributed by atoms with Crippen molar-refractivity contribution in [2.75, 3.05) is 18.9 Å². The van der Waals surface area contributed by atoms with Gasteiger partial charge in [0.25, 0.3) is 0 Å². The molecule has 0 saturated carbocycles. The highest BCUT2D eigenvalue weighted by molar-refractivity contribution is 5.94. The third kappa shape index (κ3) is 4.58. The topological polar surface area (TPSA) is 83.3 Å². The Balaban J connectivity index is 1.83. The van der Waals surface area contributed by atoms with Crippen LogP contribution in [0.2, 0.25) is 0 Å². The quantitative estimate of drug-likeness (QED) is 0.571. The third-order valence-corrected chi connectivity index (χ3v) is 3.79. The van der Waals surface area contributed by atoms with Crippen molar-refractivity contribution in [3.05, 3.63) is 47.3 Å². The molecule has 0 bridgehead atoms. The van der Waals surface area contributed by atoms with Crippen LogP contribution < -0.4 is 16.0 Å². The molecule has 0 aliphatic rings. The molecule has 2 aromatic rings. The van der Waals surface area contributed by atoms with Crippen LogP contribution >= 0.6 is 0 Å². The highest BCUT2D eigenvalue weighted by atomic mass is 16.1. The highest BCUT2D eigenvalue weighted by Gasteiger charge is 2.10. The van der Waals surface area contributed by atoms with Crippen molar-refractivity contribution in [2.45, 2.75) is 20.4 Å². The summed E-state index contributed by atoms with van der Waals surface area (Å²) in [6.07, 6.45) is 0. The Bertz CT molecular complexity index is 720. The number of carbonyl (C=O) groups excluding carboxylic acids is 1. The second kappa shape index (κ2) is 8.14. The number of para-hydroxylation sites is 1. The number of rotatable bonds is 5. The SMILES string of the molecule is CN=C(NCC(=O)Nc1ccccc1)NCc1c(C)nn(C)c1C. The van der Waals surface area contributed by atoms with Gasteiger partial charge in [0.05, 0.1) is 12.2 Å². The second-order valence-corrected chi connectivity index (χ2v) is 5.47. The van der Waals surface area contributed by atoms with E-state index in [9.17, 15) is 4.79 Å². The first-order valence-electron chi connectivity index (χ1n) is 7.79. The van der Waals surface area contributed by atoms with Gasteiger partial charge in [0.2, 0.25) is 5.91 Å². The summed E-state index contributed by atoms with van der Waals surface area (Å²) in [5.74, 6) is 0.443. The number of nitrogens with one attached hydrogen (secondary N) is 3. The largest absolute Gasteiger partial charge is 0.352 e. The van der Waals surface area contributed by atoms with E-state index in [1.807, 2.05) is 55.9 Å². The first kappa shape index (κ1) is 17.5. The molecule has 0 atom stereocenters. The van der Waals surface area contributed by atoms with Gasteiger partial charge in [0.1, 0.15) is 0 Å². The number of amides is 1. The van der Waals surface area contributed by atoms with Crippen LogP contribution in [0.25, 0.3) is 0 Å². The molecule has 0 aliphatic heterocycles. The van der Waals surface area contributed by atoms with Gasteiger partial charge in [0.15, 0.2) is 5.96 Å². The molecule has 1 heterocycles. The number of benzene rings is 1. The Morgan fingerprint density at radius 3 is 2.50 bits per heavy atom. The van der Waals surface area contributed by atoms with Crippen molar-refractivity contribution in [1.82, 2.24) is 20.4 Å². The van der Waals surface area contributed by atoms with E-state index in [2.05, 4.69) is 26.0 Å². The molecule has 2 rings (SSSR count). The molecule has 24 heavy (non-hydrogen) atoms. The van der Waals surface area contributed by atoms with Gasteiger partial charge in [-0.3, -0.25) is 14.5 Å². The Labute approximate surface area is 142 Å². The Morgan fingerprint density at radius 2 is 1.92 bits per heavy atom. The number of hydrogen-bond donors (Lipinski definition) is 3. The van der Waals surface area contributed by atoms with Gasteiger partial charge in [-0.15, -0.1) is 0 Å². The summed E-state index contributed by atoms with van der Waals surface area (Å²) >= 11 is 0. The average molecular weight is 328 g/mol. The van der Waals surface area contributed by atoms with Crippen LogP contribution in [0.4, 0.5) is 5.69 Å². The first-order valence-corrected chi connectivity index (χ1v) is 7.79. The Morgan fingerprint density at radius 1 is 1.21 bits per heavy atom. The lowest BCUT2D eigenvalue weighted by molar-refractivity contribution is -0.115. The summed E-state index contributed by atoms with van der Waals surface area (Å²) in [6.45, 7) is 4.75. The minimum Gasteiger partial charge on any atom is -0.352 e. The molecule has 128 valence electrons.